The van der Waals surface area contributed by atoms with Gasteiger partial charge in [0.1, 0.15) is 17.1 Å². The maximum absolute atomic E-state index is 10.3. The molecule has 0 aliphatic carbocycles. The van der Waals surface area contributed by atoms with Gasteiger partial charge in [-0.1, -0.05) is 38.5 Å². The second-order valence-electron chi connectivity index (χ2n) is 8.39. The maximum atomic E-state index is 10.3. The SMILES string of the molecule is Cc1c(C)c2c(c(C)c1O)CCC(C)(CCCCCCCCCCO)O2. The Labute approximate surface area is 159 Å². The third-order valence-electron chi connectivity index (χ3n) is 6.21. The van der Waals surface area contributed by atoms with E-state index in [9.17, 15) is 5.11 Å². The molecule has 0 saturated carbocycles. The van der Waals surface area contributed by atoms with Crippen LogP contribution in [-0.2, 0) is 6.42 Å². The van der Waals surface area contributed by atoms with Crippen molar-refractivity contribution in [1.29, 1.82) is 0 Å². The molecule has 0 spiro atoms. The van der Waals surface area contributed by atoms with Gasteiger partial charge in [-0.05, 0) is 76.5 Å². The van der Waals surface area contributed by atoms with Crippen molar-refractivity contribution >= 4 is 0 Å². The van der Waals surface area contributed by atoms with Crippen LogP contribution in [0, 0.1) is 20.8 Å². The first kappa shape index (κ1) is 21.1. The molecule has 0 aromatic heterocycles. The molecule has 1 aliphatic heterocycles. The Balaban J connectivity index is 1.80. The van der Waals surface area contributed by atoms with Crippen molar-refractivity contribution in [2.45, 2.75) is 104 Å². The number of phenolic OH excluding ortho intramolecular Hbond substituents is 1. The number of aliphatic hydroxyl groups excluding tert-OH is 1. The van der Waals surface area contributed by atoms with Crippen molar-refractivity contribution in [2.75, 3.05) is 6.61 Å². The van der Waals surface area contributed by atoms with Crippen LogP contribution in [0.4, 0.5) is 0 Å². The van der Waals surface area contributed by atoms with Crippen molar-refractivity contribution in [1.82, 2.24) is 0 Å². The average molecular weight is 363 g/mol. The first-order valence-electron chi connectivity index (χ1n) is 10.5. The fourth-order valence-corrected chi connectivity index (χ4v) is 4.14. The van der Waals surface area contributed by atoms with Gasteiger partial charge in [0.05, 0.1) is 0 Å². The molecule has 1 aliphatic rings. The highest BCUT2D eigenvalue weighted by Gasteiger charge is 2.34. The van der Waals surface area contributed by atoms with E-state index in [0.717, 1.165) is 54.5 Å². The van der Waals surface area contributed by atoms with E-state index in [1.165, 1.54) is 44.1 Å². The molecular formula is C23H38O3. The zero-order valence-electron chi connectivity index (χ0n) is 17.3. The summed E-state index contributed by atoms with van der Waals surface area (Å²) in [5.41, 5.74) is 4.16. The Morgan fingerprint density at radius 1 is 0.846 bits per heavy atom. The third kappa shape index (κ3) is 5.16. The average Bonchev–Trinajstić information content (AvgIpc) is 2.63. The van der Waals surface area contributed by atoms with Gasteiger partial charge in [-0.3, -0.25) is 0 Å². The lowest BCUT2D eigenvalue weighted by Gasteiger charge is -2.38. The van der Waals surface area contributed by atoms with E-state index >= 15 is 0 Å². The summed E-state index contributed by atoms with van der Waals surface area (Å²) < 4.78 is 6.50. The zero-order chi connectivity index (χ0) is 19.2. The lowest BCUT2D eigenvalue weighted by molar-refractivity contribution is 0.0521. The van der Waals surface area contributed by atoms with Crippen molar-refractivity contribution in [3.05, 3.63) is 22.3 Å². The van der Waals surface area contributed by atoms with Crippen molar-refractivity contribution in [3.8, 4) is 11.5 Å². The molecule has 1 aromatic carbocycles. The Hall–Kier alpha value is -1.22. The van der Waals surface area contributed by atoms with E-state index in [1.807, 2.05) is 13.8 Å². The molecule has 0 bridgehead atoms. The van der Waals surface area contributed by atoms with Gasteiger partial charge in [-0.15, -0.1) is 0 Å². The van der Waals surface area contributed by atoms with Crippen LogP contribution in [0.15, 0.2) is 0 Å². The van der Waals surface area contributed by atoms with Crippen LogP contribution >= 0.6 is 0 Å². The maximum Gasteiger partial charge on any atom is 0.127 e. The predicted molar refractivity (Wildman–Crippen MR) is 108 cm³/mol. The molecule has 0 radical (unpaired) electrons. The minimum absolute atomic E-state index is 0.0747. The molecule has 1 atom stereocenters. The first-order chi connectivity index (χ1) is 12.4. The van der Waals surface area contributed by atoms with Gasteiger partial charge in [0.25, 0.3) is 0 Å². The molecule has 148 valence electrons. The number of rotatable bonds is 10. The van der Waals surface area contributed by atoms with E-state index in [0.29, 0.717) is 12.4 Å². The van der Waals surface area contributed by atoms with Crippen LogP contribution < -0.4 is 4.74 Å². The fourth-order valence-electron chi connectivity index (χ4n) is 4.14. The normalized spacial score (nSPS) is 19.3. The summed E-state index contributed by atoms with van der Waals surface area (Å²) >= 11 is 0. The topological polar surface area (TPSA) is 49.7 Å². The van der Waals surface area contributed by atoms with E-state index in [-0.39, 0.29) is 5.60 Å². The Morgan fingerprint density at radius 2 is 1.42 bits per heavy atom. The quantitative estimate of drug-likeness (QED) is 0.509. The molecular weight excluding hydrogens is 324 g/mol. The largest absolute Gasteiger partial charge is 0.507 e. The van der Waals surface area contributed by atoms with E-state index < -0.39 is 0 Å². The van der Waals surface area contributed by atoms with Gasteiger partial charge >= 0.3 is 0 Å². The molecule has 2 N–H and O–H groups in total. The molecule has 26 heavy (non-hydrogen) atoms. The molecule has 0 amide bonds. The number of fused-ring (bicyclic) bond motifs is 1. The van der Waals surface area contributed by atoms with Crippen LogP contribution in [0.3, 0.4) is 0 Å². The van der Waals surface area contributed by atoms with Crippen LogP contribution in [0.1, 0.15) is 93.4 Å². The Bertz CT molecular complexity index is 594. The third-order valence-corrected chi connectivity index (χ3v) is 6.21. The second-order valence-corrected chi connectivity index (χ2v) is 8.39. The molecule has 1 aromatic rings. The molecule has 1 unspecified atom stereocenters. The number of aromatic hydroxyl groups is 1. The highest BCUT2D eigenvalue weighted by Crippen LogP contribution is 2.44. The van der Waals surface area contributed by atoms with Gasteiger partial charge in [0, 0.05) is 12.2 Å². The highest BCUT2D eigenvalue weighted by atomic mass is 16.5. The first-order valence-corrected chi connectivity index (χ1v) is 10.5. The Morgan fingerprint density at radius 3 is 2.04 bits per heavy atom. The number of aliphatic hydroxyl groups is 1. The number of hydrogen-bond donors (Lipinski definition) is 2. The summed E-state index contributed by atoms with van der Waals surface area (Å²) in [4.78, 5) is 0. The van der Waals surface area contributed by atoms with Gasteiger partial charge in [-0.2, -0.15) is 0 Å². The zero-order valence-corrected chi connectivity index (χ0v) is 17.3. The summed E-state index contributed by atoms with van der Waals surface area (Å²) in [6.07, 6.45) is 12.9. The van der Waals surface area contributed by atoms with Crippen LogP contribution in [0.2, 0.25) is 0 Å². The van der Waals surface area contributed by atoms with Crippen molar-refractivity contribution in [2.24, 2.45) is 0 Å². The molecule has 3 nitrogen and oxygen atoms in total. The summed E-state index contributed by atoms with van der Waals surface area (Å²) in [6.45, 7) is 8.64. The van der Waals surface area contributed by atoms with Crippen LogP contribution in [-0.4, -0.2) is 22.4 Å². The van der Waals surface area contributed by atoms with Crippen LogP contribution in [0.5, 0.6) is 11.5 Å². The molecule has 0 fully saturated rings. The highest BCUT2D eigenvalue weighted by molar-refractivity contribution is 5.58. The van der Waals surface area contributed by atoms with Gasteiger partial charge in [0.2, 0.25) is 0 Å². The number of phenols is 1. The molecule has 1 heterocycles. The van der Waals surface area contributed by atoms with Crippen LogP contribution in [0.25, 0.3) is 0 Å². The number of unbranched alkanes of at least 4 members (excludes halogenated alkanes) is 7. The number of benzene rings is 1. The molecule has 0 saturated heterocycles. The smallest absolute Gasteiger partial charge is 0.127 e. The summed E-state index contributed by atoms with van der Waals surface area (Å²) in [5.74, 6) is 1.46. The minimum Gasteiger partial charge on any atom is -0.507 e. The lowest BCUT2D eigenvalue weighted by atomic mass is 9.84. The summed E-state index contributed by atoms with van der Waals surface area (Å²) in [7, 11) is 0. The van der Waals surface area contributed by atoms with E-state index in [2.05, 4.69) is 13.8 Å². The lowest BCUT2D eigenvalue weighted by Crippen LogP contribution is -2.37. The number of ether oxygens (including phenoxy) is 1. The van der Waals surface area contributed by atoms with Gasteiger partial charge in [0.15, 0.2) is 0 Å². The van der Waals surface area contributed by atoms with Gasteiger partial charge < -0.3 is 14.9 Å². The Kier molecular flexibility index (Phi) is 7.82. The molecule has 2 rings (SSSR count). The predicted octanol–water partition coefficient (Wildman–Crippen LogP) is 5.90. The van der Waals surface area contributed by atoms with Crippen molar-refractivity contribution < 1.29 is 14.9 Å². The summed E-state index contributed by atoms with van der Waals surface area (Å²) in [5, 5.41) is 19.1. The fraction of sp³-hybridized carbons (Fsp3) is 0.739. The standard InChI is InChI=1S/C23H38O3/c1-17-18(2)22-20(19(3)21(17)25)13-15-23(4,26-22)14-11-9-7-5-6-8-10-12-16-24/h24-25H,5-16H2,1-4H3. The van der Waals surface area contributed by atoms with Crippen molar-refractivity contribution in [3.63, 3.8) is 0 Å². The second kappa shape index (κ2) is 9.64. The molecule has 3 heteroatoms. The van der Waals surface area contributed by atoms with Gasteiger partial charge in [-0.25, -0.2) is 0 Å². The summed E-state index contributed by atoms with van der Waals surface area (Å²) in [6, 6.07) is 0. The van der Waals surface area contributed by atoms with E-state index in [1.54, 1.807) is 0 Å². The van der Waals surface area contributed by atoms with E-state index in [4.69, 9.17) is 9.84 Å². The number of hydrogen-bond acceptors (Lipinski definition) is 3. The monoisotopic (exact) mass is 362 g/mol. The minimum atomic E-state index is -0.0747.